The summed E-state index contributed by atoms with van der Waals surface area (Å²) in [5.74, 6) is -0.0717. The van der Waals surface area contributed by atoms with E-state index in [2.05, 4.69) is 41.5 Å². The fraction of sp³-hybridized carbons (Fsp3) is 0.938. The molecule has 0 aliphatic rings. The highest BCUT2D eigenvalue weighted by atomic mass is 28.2. The van der Waals surface area contributed by atoms with Gasteiger partial charge in [0.15, 0.2) is 0 Å². The molecule has 4 heteroatoms. The first kappa shape index (κ1) is 19.6. The molecule has 0 saturated carbocycles. The molecule has 3 nitrogen and oxygen atoms in total. The van der Waals surface area contributed by atoms with Gasteiger partial charge in [0.1, 0.15) is 0 Å². The zero-order valence-corrected chi connectivity index (χ0v) is 16.5. The third-order valence-electron chi connectivity index (χ3n) is 3.04. The molecule has 0 heterocycles. The van der Waals surface area contributed by atoms with E-state index in [1.54, 1.807) is 0 Å². The number of carbonyl (C=O) groups excluding carboxylic acids is 1. The van der Waals surface area contributed by atoms with Crippen LogP contribution in [0.5, 0.6) is 0 Å². The summed E-state index contributed by atoms with van der Waals surface area (Å²) in [5, 5.41) is 0. The molecule has 0 spiro atoms. The van der Waals surface area contributed by atoms with Crippen LogP contribution in [0, 0.1) is 10.8 Å². The Morgan fingerprint density at radius 2 is 1.50 bits per heavy atom. The van der Waals surface area contributed by atoms with E-state index in [0.717, 1.165) is 32.3 Å². The summed E-state index contributed by atoms with van der Waals surface area (Å²) in [6, 6.07) is 0. The SMILES string of the molecule is CC(C)(C)CC(CC(C)(C)C)OCCCCC(=O)O[SiH3]. The van der Waals surface area contributed by atoms with E-state index in [1.807, 2.05) is 0 Å². The molecule has 0 fully saturated rings. The summed E-state index contributed by atoms with van der Waals surface area (Å²) in [7, 11) is 0.498. The Morgan fingerprint density at radius 1 is 1.00 bits per heavy atom. The van der Waals surface area contributed by atoms with Gasteiger partial charge >= 0.3 is 0 Å². The average Bonchev–Trinajstić information content (AvgIpc) is 2.23. The van der Waals surface area contributed by atoms with Crippen LogP contribution in [0.15, 0.2) is 0 Å². The quantitative estimate of drug-likeness (QED) is 0.510. The first-order valence-electron chi connectivity index (χ1n) is 7.72. The van der Waals surface area contributed by atoms with Crippen LogP contribution >= 0.6 is 0 Å². The fourth-order valence-corrected chi connectivity index (χ4v) is 2.48. The van der Waals surface area contributed by atoms with Crippen molar-refractivity contribution in [2.45, 2.75) is 79.8 Å². The van der Waals surface area contributed by atoms with Crippen molar-refractivity contribution in [3.05, 3.63) is 0 Å². The molecular formula is C16H34O3Si. The van der Waals surface area contributed by atoms with Gasteiger partial charge in [0.25, 0.3) is 5.97 Å². The molecule has 0 aromatic rings. The minimum Gasteiger partial charge on any atom is -0.529 e. The van der Waals surface area contributed by atoms with Crippen LogP contribution in [0.4, 0.5) is 0 Å². The van der Waals surface area contributed by atoms with E-state index in [9.17, 15) is 4.79 Å². The lowest BCUT2D eigenvalue weighted by molar-refractivity contribution is -0.134. The second-order valence-corrected chi connectivity index (χ2v) is 8.46. The topological polar surface area (TPSA) is 35.5 Å². The molecule has 0 unspecified atom stereocenters. The van der Waals surface area contributed by atoms with Crippen molar-refractivity contribution in [1.82, 2.24) is 0 Å². The van der Waals surface area contributed by atoms with Gasteiger partial charge in [-0.25, -0.2) is 0 Å². The third-order valence-corrected chi connectivity index (χ3v) is 3.49. The molecular weight excluding hydrogens is 268 g/mol. The van der Waals surface area contributed by atoms with Crippen LogP contribution in [0.2, 0.25) is 0 Å². The molecule has 0 aliphatic carbocycles. The van der Waals surface area contributed by atoms with Crippen LogP contribution in [0.1, 0.15) is 73.6 Å². The minimum absolute atomic E-state index is 0.0717. The number of hydrogen-bond donors (Lipinski definition) is 0. The van der Waals surface area contributed by atoms with Gasteiger partial charge < -0.3 is 9.16 Å². The van der Waals surface area contributed by atoms with E-state index in [4.69, 9.17) is 9.16 Å². The number of rotatable bonds is 8. The molecule has 0 N–H and O–H groups in total. The summed E-state index contributed by atoms with van der Waals surface area (Å²) in [5.41, 5.74) is 0.569. The zero-order chi connectivity index (χ0) is 15.8. The van der Waals surface area contributed by atoms with Gasteiger partial charge in [-0.15, -0.1) is 0 Å². The predicted octanol–water partition coefficient (Wildman–Crippen LogP) is 3.24. The first-order valence-corrected chi connectivity index (χ1v) is 8.53. The highest BCUT2D eigenvalue weighted by molar-refractivity contribution is 6.05. The molecule has 0 aromatic carbocycles. The van der Waals surface area contributed by atoms with E-state index in [1.165, 1.54) is 0 Å². The minimum atomic E-state index is -0.0717. The van der Waals surface area contributed by atoms with Crippen LogP contribution < -0.4 is 0 Å². The second-order valence-electron chi connectivity index (χ2n) is 8.06. The third kappa shape index (κ3) is 12.7. The maximum atomic E-state index is 11.1. The van der Waals surface area contributed by atoms with Gasteiger partial charge in [0.05, 0.1) is 6.10 Å². The molecule has 120 valence electrons. The van der Waals surface area contributed by atoms with Crippen molar-refractivity contribution < 1.29 is 14.0 Å². The van der Waals surface area contributed by atoms with Gasteiger partial charge in [0, 0.05) is 13.0 Å². The molecule has 0 rings (SSSR count). The standard InChI is InChI=1S/C16H34O3Si/c1-15(2,3)11-13(12-16(4,5)6)18-10-8-7-9-14(17)19-20/h13H,7-12H2,1-6,20H3. The Balaban J connectivity index is 4.07. The van der Waals surface area contributed by atoms with E-state index >= 15 is 0 Å². The Hall–Kier alpha value is -0.353. The molecule has 0 radical (unpaired) electrons. The Morgan fingerprint density at radius 3 is 1.90 bits per heavy atom. The fourth-order valence-electron chi connectivity index (χ4n) is 2.28. The predicted molar refractivity (Wildman–Crippen MR) is 87.8 cm³/mol. The summed E-state index contributed by atoms with van der Waals surface area (Å²) < 4.78 is 10.8. The normalized spacial score (nSPS) is 12.9. The van der Waals surface area contributed by atoms with Crippen LogP contribution in [-0.2, 0) is 14.0 Å². The van der Waals surface area contributed by atoms with Crippen LogP contribution in [-0.4, -0.2) is 29.2 Å². The zero-order valence-electron chi connectivity index (χ0n) is 14.5. The van der Waals surface area contributed by atoms with Crippen molar-refractivity contribution in [1.29, 1.82) is 0 Å². The molecule has 0 bridgehead atoms. The summed E-state index contributed by atoms with van der Waals surface area (Å²) >= 11 is 0. The van der Waals surface area contributed by atoms with E-state index in [0.29, 0.717) is 23.0 Å². The lowest BCUT2D eigenvalue weighted by Crippen LogP contribution is -2.26. The van der Waals surface area contributed by atoms with Gasteiger partial charge in [-0.05, 0) is 36.5 Å². The Bertz CT molecular complexity index is 260. The van der Waals surface area contributed by atoms with Gasteiger partial charge in [-0.1, -0.05) is 41.5 Å². The highest BCUT2D eigenvalue weighted by Gasteiger charge is 2.24. The number of unbranched alkanes of at least 4 members (excludes halogenated alkanes) is 1. The van der Waals surface area contributed by atoms with Crippen molar-refractivity contribution in [3.63, 3.8) is 0 Å². The maximum Gasteiger partial charge on any atom is 0.291 e. The number of ether oxygens (including phenoxy) is 1. The number of carbonyl (C=O) groups is 1. The van der Waals surface area contributed by atoms with E-state index < -0.39 is 0 Å². The van der Waals surface area contributed by atoms with Gasteiger partial charge in [-0.3, -0.25) is 4.79 Å². The number of hydrogen-bond acceptors (Lipinski definition) is 3. The van der Waals surface area contributed by atoms with Crippen molar-refractivity contribution in [2.24, 2.45) is 10.8 Å². The second kappa shape index (κ2) is 8.83. The van der Waals surface area contributed by atoms with Gasteiger partial charge in [0.2, 0.25) is 10.5 Å². The Kier molecular flexibility index (Phi) is 8.67. The molecule has 0 aromatic heterocycles. The highest BCUT2D eigenvalue weighted by Crippen LogP contribution is 2.30. The molecule has 0 amide bonds. The first-order chi connectivity index (χ1) is 9.03. The molecule has 20 heavy (non-hydrogen) atoms. The van der Waals surface area contributed by atoms with Crippen molar-refractivity contribution >= 4 is 16.5 Å². The van der Waals surface area contributed by atoms with Crippen molar-refractivity contribution in [3.8, 4) is 0 Å². The molecule has 0 atom stereocenters. The lowest BCUT2D eigenvalue weighted by Gasteiger charge is -2.31. The Labute approximate surface area is 128 Å². The van der Waals surface area contributed by atoms with Crippen LogP contribution in [0.3, 0.4) is 0 Å². The summed E-state index contributed by atoms with van der Waals surface area (Å²) in [6.07, 6.45) is 4.77. The largest absolute Gasteiger partial charge is 0.529 e. The van der Waals surface area contributed by atoms with Crippen LogP contribution in [0.25, 0.3) is 0 Å². The summed E-state index contributed by atoms with van der Waals surface area (Å²) in [6.45, 7) is 14.3. The average molecular weight is 303 g/mol. The molecule has 0 aliphatic heterocycles. The molecule has 0 saturated heterocycles. The maximum absolute atomic E-state index is 11.1. The smallest absolute Gasteiger partial charge is 0.291 e. The lowest BCUT2D eigenvalue weighted by atomic mass is 9.82. The van der Waals surface area contributed by atoms with Crippen molar-refractivity contribution in [2.75, 3.05) is 6.61 Å². The van der Waals surface area contributed by atoms with E-state index in [-0.39, 0.29) is 16.8 Å². The monoisotopic (exact) mass is 302 g/mol. The van der Waals surface area contributed by atoms with Gasteiger partial charge in [-0.2, -0.15) is 0 Å². The summed E-state index contributed by atoms with van der Waals surface area (Å²) in [4.78, 5) is 11.1.